The zero-order valence-corrected chi connectivity index (χ0v) is 12.9. The maximum Gasteiger partial charge on any atom is 0.262 e. The van der Waals surface area contributed by atoms with Crippen molar-refractivity contribution < 1.29 is 17.9 Å². The molecule has 0 saturated carbocycles. The quantitative estimate of drug-likeness (QED) is 0.922. The third-order valence-electron chi connectivity index (χ3n) is 2.98. The first-order valence-electron chi connectivity index (χ1n) is 6.28. The van der Waals surface area contributed by atoms with Crippen LogP contribution in [0.3, 0.4) is 0 Å². The highest BCUT2D eigenvalue weighted by Gasteiger charge is 2.18. The van der Waals surface area contributed by atoms with E-state index in [0.29, 0.717) is 17.2 Å². The predicted molar refractivity (Wildman–Crippen MR) is 81.5 cm³/mol. The van der Waals surface area contributed by atoms with E-state index in [-0.39, 0.29) is 4.90 Å². The highest BCUT2D eigenvalue weighted by molar-refractivity contribution is 7.92. The SMILES string of the molecule is COc1cccc(NS(=O)(=O)c2ccc(C)cc2)c1OC. The van der Waals surface area contributed by atoms with Gasteiger partial charge in [0.05, 0.1) is 24.8 Å². The van der Waals surface area contributed by atoms with E-state index in [0.717, 1.165) is 5.56 Å². The molecule has 0 unspecified atom stereocenters. The fraction of sp³-hybridized carbons (Fsp3) is 0.200. The third kappa shape index (κ3) is 3.28. The summed E-state index contributed by atoms with van der Waals surface area (Å²) >= 11 is 0. The average molecular weight is 307 g/mol. The van der Waals surface area contributed by atoms with E-state index < -0.39 is 10.0 Å². The van der Waals surface area contributed by atoms with Crippen molar-refractivity contribution in [3.8, 4) is 11.5 Å². The van der Waals surface area contributed by atoms with Gasteiger partial charge in [0.2, 0.25) is 0 Å². The normalized spacial score (nSPS) is 11.0. The summed E-state index contributed by atoms with van der Waals surface area (Å²) < 4.78 is 37.6. The molecule has 0 amide bonds. The van der Waals surface area contributed by atoms with Crippen molar-refractivity contribution in [2.75, 3.05) is 18.9 Å². The largest absolute Gasteiger partial charge is 0.493 e. The summed E-state index contributed by atoms with van der Waals surface area (Å²) in [4.78, 5) is 0.193. The Hall–Kier alpha value is -2.21. The van der Waals surface area contributed by atoms with Crippen LogP contribution < -0.4 is 14.2 Å². The Labute approximate surface area is 124 Å². The number of sulfonamides is 1. The molecule has 112 valence electrons. The minimum Gasteiger partial charge on any atom is -0.493 e. The van der Waals surface area contributed by atoms with Crippen LogP contribution in [-0.2, 0) is 10.0 Å². The standard InChI is InChI=1S/C15H17NO4S/c1-11-7-9-12(10-8-11)21(17,18)16-13-5-4-6-14(19-2)15(13)20-3/h4-10,16H,1-3H3. The summed E-state index contributed by atoms with van der Waals surface area (Å²) in [5, 5.41) is 0. The van der Waals surface area contributed by atoms with E-state index in [2.05, 4.69) is 4.72 Å². The number of benzene rings is 2. The van der Waals surface area contributed by atoms with E-state index >= 15 is 0 Å². The maximum atomic E-state index is 12.4. The predicted octanol–water partition coefficient (Wildman–Crippen LogP) is 2.81. The molecule has 2 rings (SSSR count). The van der Waals surface area contributed by atoms with Crippen molar-refractivity contribution in [3.63, 3.8) is 0 Å². The molecule has 2 aromatic carbocycles. The number of nitrogens with one attached hydrogen (secondary N) is 1. The number of anilines is 1. The van der Waals surface area contributed by atoms with Crippen LogP contribution in [0.1, 0.15) is 5.56 Å². The summed E-state index contributed by atoms with van der Waals surface area (Å²) in [6, 6.07) is 11.6. The number of methoxy groups -OCH3 is 2. The van der Waals surface area contributed by atoms with E-state index in [1.807, 2.05) is 6.92 Å². The molecule has 2 aromatic rings. The van der Waals surface area contributed by atoms with Gasteiger partial charge in [0.1, 0.15) is 0 Å². The van der Waals surface area contributed by atoms with Crippen molar-refractivity contribution in [1.29, 1.82) is 0 Å². The lowest BCUT2D eigenvalue weighted by Crippen LogP contribution is -2.13. The van der Waals surface area contributed by atoms with Crippen molar-refractivity contribution >= 4 is 15.7 Å². The summed E-state index contributed by atoms with van der Waals surface area (Å²) in [5.41, 5.74) is 1.32. The summed E-state index contributed by atoms with van der Waals surface area (Å²) in [7, 11) is -0.717. The Morgan fingerprint density at radius 2 is 1.62 bits per heavy atom. The molecule has 0 radical (unpaired) electrons. The molecule has 0 atom stereocenters. The van der Waals surface area contributed by atoms with Gasteiger partial charge in [-0.1, -0.05) is 23.8 Å². The molecular weight excluding hydrogens is 290 g/mol. The Balaban J connectivity index is 2.39. The first-order valence-corrected chi connectivity index (χ1v) is 7.76. The minimum atomic E-state index is -3.67. The summed E-state index contributed by atoms with van der Waals surface area (Å²) in [5.74, 6) is 0.803. The number of hydrogen-bond donors (Lipinski definition) is 1. The van der Waals surface area contributed by atoms with Crippen LogP contribution in [0.25, 0.3) is 0 Å². The van der Waals surface area contributed by atoms with Gasteiger partial charge in [-0.15, -0.1) is 0 Å². The Morgan fingerprint density at radius 1 is 0.952 bits per heavy atom. The highest BCUT2D eigenvalue weighted by atomic mass is 32.2. The lowest BCUT2D eigenvalue weighted by Gasteiger charge is -2.14. The average Bonchev–Trinajstić information content (AvgIpc) is 2.47. The maximum absolute atomic E-state index is 12.4. The number of rotatable bonds is 5. The van der Waals surface area contributed by atoms with Gasteiger partial charge >= 0.3 is 0 Å². The molecule has 21 heavy (non-hydrogen) atoms. The monoisotopic (exact) mass is 307 g/mol. The minimum absolute atomic E-state index is 0.193. The van der Waals surface area contributed by atoms with Gasteiger partial charge in [0.15, 0.2) is 11.5 Å². The zero-order chi connectivity index (χ0) is 15.5. The molecule has 0 saturated heterocycles. The molecule has 0 aliphatic carbocycles. The molecule has 0 aliphatic rings. The molecule has 5 nitrogen and oxygen atoms in total. The lowest BCUT2D eigenvalue weighted by atomic mass is 10.2. The number of para-hydroxylation sites is 1. The van der Waals surface area contributed by atoms with Crippen LogP contribution in [-0.4, -0.2) is 22.6 Å². The third-order valence-corrected chi connectivity index (χ3v) is 4.36. The van der Waals surface area contributed by atoms with E-state index in [4.69, 9.17) is 9.47 Å². The number of aryl methyl sites for hydroxylation is 1. The second kappa shape index (κ2) is 6.05. The number of ether oxygens (including phenoxy) is 2. The molecule has 0 heterocycles. The van der Waals surface area contributed by atoms with E-state index in [9.17, 15) is 8.42 Å². The molecule has 1 N–H and O–H groups in total. The molecule has 0 spiro atoms. The van der Waals surface area contributed by atoms with Crippen LogP contribution in [0.2, 0.25) is 0 Å². The van der Waals surface area contributed by atoms with Crippen molar-refractivity contribution in [1.82, 2.24) is 0 Å². The first-order chi connectivity index (χ1) is 9.97. The smallest absolute Gasteiger partial charge is 0.262 e. The second-order valence-corrected chi connectivity index (χ2v) is 6.14. The topological polar surface area (TPSA) is 64.6 Å². The Bertz CT molecular complexity index is 724. The zero-order valence-electron chi connectivity index (χ0n) is 12.1. The van der Waals surface area contributed by atoms with Gasteiger partial charge in [-0.25, -0.2) is 8.42 Å². The van der Waals surface area contributed by atoms with Gasteiger partial charge in [0, 0.05) is 0 Å². The van der Waals surface area contributed by atoms with Crippen LogP contribution in [0.4, 0.5) is 5.69 Å². The molecular formula is C15H17NO4S. The molecule has 0 bridgehead atoms. The van der Waals surface area contributed by atoms with Crippen LogP contribution >= 0.6 is 0 Å². The fourth-order valence-corrected chi connectivity index (χ4v) is 2.95. The fourth-order valence-electron chi connectivity index (χ4n) is 1.89. The number of hydrogen-bond acceptors (Lipinski definition) is 4. The van der Waals surface area contributed by atoms with Gasteiger partial charge in [-0.05, 0) is 31.2 Å². The van der Waals surface area contributed by atoms with Crippen molar-refractivity contribution in [3.05, 3.63) is 48.0 Å². The van der Waals surface area contributed by atoms with E-state index in [1.54, 1.807) is 42.5 Å². The summed E-state index contributed by atoms with van der Waals surface area (Å²) in [6.07, 6.45) is 0. The van der Waals surface area contributed by atoms with Crippen molar-refractivity contribution in [2.24, 2.45) is 0 Å². The van der Waals surface area contributed by atoms with Crippen LogP contribution in [0, 0.1) is 6.92 Å². The lowest BCUT2D eigenvalue weighted by molar-refractivity contribution is 0.356. The Morgan fingerprint density at radius 3 is 2.19 bits per heavy atom. The van der Waals surface area contributed by atoms with Gasteiger partial charge in [-0.3, -0.25) is 4.72 Å². The second-order valence-electron chi connectivity index (χ2n) is 4.46. The van der Waals surface area contributed by atoms with Crippen LogP contribution in [0.15, 0.2) is 47.4 Å². The van der Waals surface area contributed by atoms with Gasteiger partial charge in [-0.2, -0.15) is 0 Å². The van der Waals surface area contributed by atoms with Crippen molar-refractivity contribution in [2.45, 2.75) is 11.8 Å². The first kappa shape index (κ1) is 15.2. The van der Waals surface area contributed by atoms with Crippen LogP contribution in [0.5, 0.6) is 11.5 Å². The molecule has 0 aromatic heterocycles. The Kier molecular flexibility index (Phi) is 4.37. The molecule has 0 aliphatic heterocycles. The van der Waals surface area contributed by atoms with Gasteiger partial charge < -0.3 is 9.47 Å². The highest BCUT2D eigenvalue weighted by Crippen LogP contribution is 2.35. The molecule has 6 heteroatoms. The summed E-state index contributed by atoms with van der Waals surface area (Å²) in [6.45, 7) is 1.90. The van der Waals surface area contributed by atoms with Gasteiger partial charge in [0.25, 0.3) is 10.0 Å². The van der Waals surface area contributed by atoms with E-state index in [1.165, 1.54) is 14.2 Å². The molecule has 0 fully saturated rings.